The van der Waals surface area contributed by atoms with E-state index >= 15 is 0 Å². The van der Waals surface area contributed by atoms with E-state index in [0.717, 1.165) is 12.8 Å². The Balaban J connectivity index is 2.21. The summed E-state index contributed by atoms with van der Waals surface area (Å²) >= 11 is 0. The number of aliphatic carboxylic acids is 1. The summed E-state index contributed by atoms with van der Waals surface area (Å²) in [6, 6.07) is 4.19. The normalized spacial score (nSPS) is 14.6. The van der Waals surface area contributed by atoms with Gasteiger partial charge in [-0.25, -0.2) is 4.79 Å². The van der Waals surface area contributed by atoms with Gasteiger partial charge in [-0.3, -0.25) is 4.79 Å². The first-order valence-corrected chi connectivity index (χ1v) is 7.05. The fraction of sp³-hybridized carbons (Fsp3) is 0.400. The summed E-state index contributed by atoms with van der Waals surface area (Å²) in [5.41, 5.74) is 0.194. The molecule has 1 amide bonds. The van der Waals surface area contributed by atoms with Crippen LogP contribution in [-0.4, -0.2) is 30.2 Å². The van der Waals surface area contributed by atoms with Crippen LogP contribution in [0.3, 0.4) is 0 Å². The first-order valence-electron chi connectivity index (χ1n) is 7.05. The summed E-state index contributed by atoms with van der Waals surface area (Å²) in [5, 5.41) is 19.7. The third-order valence-electron chi connectivity index (χ3n) is 3.29. The number of carbonyl (C=O) groups excluding carboxylic acids is 1. The molecule has 0 bridgehead atoms. The van der Waals surface area contributed by atoms with Crippen molar-refractivity contribution in [2.75, 3.05) is 6.61 Å². The van der Waals surface area contributed by atoms with Crippen LogP contribution in [0.4, 0.5) is 8.78 Å². The summed E-state index contributed by atoms with van der Waals surface area (Å²) in [7, 11) is 0. The molecule has 9 heteroatoms. The predicted octanol–water partition coefficient (Wildman–Crippen LogP) is 1.84. The molecule has 1 aromatic carbocycles. The lowest BCUT2D eigenvalue weighted by Gasteiger charge is -2.16. The van der Waals surface area contributed by atoms with E-state index in [1.54, 1.807) is 6.07 Å². The van der Waals surface area contributed by atoms with Gasteiger partial charge in [0.2, 0.25) is 0 Å². The van der Waals surface area contributed by atoms with Crippen molar-refractivity contribution in [1.29, 1.82) is 5.26 Å². The molecule has 1 fully saturated rings. The van der Waals surface area contributed by atoms with Crippen LogP contribution >= 0.6 is 0 Å². The molecule has 0 aromatic heterocycles. The highest BCUT2D eigenvalue weighted by Gasteiger charge is 2.24. The number of carboxylic acid groups (broad SMARTS) is 1. The Kier molecular flexibility index (Phi) is 5.52. The Morgan fingerprint density at radius 3 is 2.62 bits per heavy atom. The van der Waals surface area contributed by atoms with Gasteiger partial charge in [0.05, 0.1) is 12.7 Å². The number of benzene rings is 1. The Bertz CT molecular complexity index is 670. The van der Waals surface area contributed by atoms with Crippen molar-refractivity contribution in [3.63, 3.8) is 0 Å². The average Bonchev–Trinajstić information content (AvgIpc) is 3.35. The number of carbonyl (C=O) groups is 2. The number of hydrogen-bond acceptors (Lipinski definition) is 5. The molecule has 7 nitrogen and oxygen atoms in total. The fourth-order valence-corrected chi connectivity index (χ4v) is 1.89. The SMILES string of the molecule is N#CC(NC(=O)C(=O)O)c1ccc(OC(F)F)c(OCC2CC2)c1. The summed E-state index contributed by atoms with van der Waals surface area (Å²) in [5.74, 6) is -2.93. The summed E-state index contributed by atoms with van der Waals surface area (Å²) in [6.07, 6.45) is 1.97. The molecule has 2 N–H and O–H groups in total. The van der Waals surface area contributed by atoms with Crippen LogP contribution in [0.15, 0.2) is 18.2 Å². The topological polar surface area (TPSA) is 109 Å². The number of carboxylic acids is 1. The second-order valence-electron chi connectivity index (χ2n) is 5.18. The third-order valence-corrected chi connectivity index (χ3v) is 3.29. The molecule has 1 aromatic rings. The lowest BCUT2D eigenvalue weighted by atomic mass is 10.1. The molecular formula is C15H14F2N2O5. The highest BCUT2D eigenvalue weighted by Crippen LogP contribution is 2.35. The van der Waals surface area contributed by atoms with Crippen LogP contribution in [-0.2, 0) is 9.59 Å². The first-order chi connectivity index (χ1) is 11.4. The number of nitrogens with one attached hydrogen (secondary N) is 1. The molecule has 0 saturated heterocycles. The van der Waals surface area contributed by atoms with Crippen LogP contribution in [0.5, 0.6) is 11.5 Å². The fourth-order valence-electron chi connectivity index (χ4n) is 1.89. The van der Waals surface area contributed by atoms with E-state index in [2.05, 4.69) is 4.74 Å². The van der Waals surface area contributed by atoms with Gasteiger partial charge in [-0.1, -0.05) is 6.07 Å². The van der Waals surface area contributed by atoms with Gasteiger partial charge in [-0.2, -0.15) is 14.0 Å². The lowest BCUT2D eigenvalue weighted by molar-refractivity contribution is -0.150. The average molecular weight is 340 g/mol. The van der Waals surface area contributed by atoms with Gasteiger partial charge in [-0.05, 0) is 36.5 Å². The van der Waals surface area contributed by atoms with E-state index in [4.69, 9.17) is 15.1 Å². The Labute approximate surface area is 135 Å². The zero-order chi connectivity index (χ0) is 17.7. The van der Waals surface area contributed by atoms with Crippen LogP contribution < -0.4 is 14.8 Å². The van der Waals surface area contributed by atoms with Crippen molar-refractivity contribution < 1.29 is 33.0 Å². The van der Waals surface area contributed by atoms with Crippen LogP contribution in [0.1, 0.15) is 24.4 Å². The predicted molar refractivity (Wildman–Crippen MR) is 75.4 cm³/mol. The molecule has 1 saturated carbocycles. The number of nitrogens with zero attached hydrogens (tertiary/aromatic N) is 1. The van der Waals surface area contributed by atoms with Gasteiger partial charge in [0.25, 0.3) is 0 Å². The zero-order valence-electron chi connectivity index (χ0n) is 12.4. The van der Waals surface area contributed by atoms with Crippen molar-refractivity contribution in [2.24, 2.45) is 5.92 Å². The minimum Gasteiger partial charge on any atom is -0.489 e. The summed E-state index contributed by atoms with van der Waals surface area (Å²) in [4.78, 5) is 21.7. The van der Waals surface area contributed by atoms with Crippen molar-refractivity contribution >= 4 is 11.9 Å². The van der Waals surface area contributed by atoms with Crippen LogP contribution in [0.25, 0.3) is 0 Å². The maximum Gasteiger partial charge on any atom is 0.394 e. The van der Waals surface area contributed by atoms with Gasteiger partial charge in [-0.15, -0.1) is 0 Å². The second kappa shape index (κ2) is 7.59. The minimum absolute atomic E-state index is 0.00419. The summed E-state index contributed by atoms with van der Waals surface area (Å²) < 4.78 is 34.7. The van der Waals surface area contributed by atoms with E-state index in [-0.39, 0.29) is 17.1 Å². The van der Waals surface area contributed by atoms with Gasteiger partial charge >= 0.3 is 18.5 Å². The maximum atomic E-state index is 12.4. The Morgan fingerprint density at radius 1 is 1.38 bits per heavy atom. The van der Waals surface area contributed by atoms with E-state index < -0.39 is 24.5 Å². The van der Waals surface area contributed by atoms with E-state index in [1.807, 2.05) is 5.32 Å². The number of halogens is 2. The standard InChI is InChI=1S/C15H14F2N2O5/c16-15(17)24-11-4-3-9(5-12(11)23-7-8-1-2-8)10(6-18)19-13(20)14(21)22/h3-5,8,10,15H,1-2,7H2,(H,19,20)(H,21,22). The highest BCUT2D eigenvalue weighted by atomic mass is 19.3. The van der Waals surface area contributed by atoms with E-state index in [9.17, 15) is 18.4 Å². The summed E-state index contributed by atoms with van der Waals surface area (Å²) in [6.45, 7) is -2.72. The number of ether oxygens (including phenoxy) is 2. The lowest BCUT2D eigenvalue weighted by Crippen LogP contribution is -2.33. The number of nitriles is 1. The molecule has 128 valence electrons. The van der Waals surface area contributed by atoms with Crippen molar-refractivity contribution in [3.05, 3.63) is 23.8 Å². The van der Waals surface area contributed by atoms with Gasteiger partial charge in [0.15, 0.2) is 11.5 Å². The van der Waals surface area contributed by atoms with Gasteiger partial charge in [0.1, 0.15) is 6.04 Å². The quantitative estimate of drug-likeness (QED) is 0.733. The highest BCUT2D eigenvalue weighted by molar-refractivity contribution is 6.31. The molecule has 1 atom stereocenters. The smallest absolute Gasteiger partial charge is 0.394 e. The van der Waals surface area contributed by atoms with Crippen molar-refractivity contribution in [1.82, 2.24) is 5.32 Å². The number of hydrogen-bond donors (Lipinski definition) is 2. The molecule has 1 aliphatic rings. The molecule has 0 aliphatic heterocycles. The van der Waals surface area contributed by atoms with Crippen LogP contribution in [0, 0.1) is 17.2 Å². The molecule has 0 heterocycles. The molecule has 2 rings (SSSR count). The molecule has 1 unspecified atom stereocenters. The van der Waals surface area contributed by atoms with E-state index in [1.165, 1.54) is 18.2 Å². The molecule has 0 spiro atoms. The van der Waals surface area contributed by atoms with Gasteiger partial charge < -0.3 is 19.9 Å². The largest absolute Gasteiger partial charge is 0.489 e. The maximum absolute atomic E-state index is 12.4. The second-order valence-corrected chi connectivity index (χ2v) is 5.18. The minimum atomic E-state index is -3.04. The van der Waals surface area contributed by atoms with Crippen LogP contribution in [0.2, 0.25) is 0 Å². The molecule has 1 aliphatic carbocycles. The van der Waals surface area contributed by atoms with E-state index in [0.29, 0.717) is 12.5 Å². The van der Waals surface area contributed by atoms with Crippen molar-refractivity contribution in [2.45, 2.75) is 25.5 Å². The van der Waals surface area contributed by atoms with Gasteiger partial charge in [0, 0.05) is 0 Å². The Hall–Kier alpha value is -2.89. The molecule has 0 radical (unpaired) electrons. The number of alkyl halides is 2. The molecule has 24 heavy (non-hydrogen) atoms. The Morgan fingerprint density at radius 2 is 2.08 bits per heavy atom. The zero-order valence-corrected chi connectivity index (χ0v) is 12.4. The first kappa shape index (κ1) is 17.5. The molecular weight excluding hydrogens is 326 g/mol. The number of rotatable bonds is 7. The monoisotopic (exact) mass is 340 g/mol. The van der Waals surface area contributed by atoms with Crippen molar-refractivity contribution in [3.8, 4) is 17.6 Å². The third kappa shape index (κ3) is 4.81. The number of amides is 1.